The number of pyridine rings is 2. The van der Waals surface area contributed by atoms with Crippen molar-refractivity contribution in [2.45, 2.75) is 143 Å². The molecule has 2 saturated heterocycles. The van der Waals surface area contributed by atoms with Crippen LogP contribution in [0.4, 0.5) is 11.4 Å². The Hall–Kier alpha value is -5.11. The van der Waals surface area contributed by atoms with Gasteiger partial charge in [0.1, 0.15) is 0 Å². The van der Waals surface area contributed by atoms with Crippen molar-refractivity contribution < 1.29 is 43.2 Å². The fourth-order valence-electron chi connectivity index (χ4n) is 7.49. The number of methoxy groups -OCH3 is 2. The molecule has 0 aromatic carbocycles. The molecule has 0 bridgehead atoms. The third-order valence-electron chi connectivity index (χ3n) is 11.0. The van der Waals surface area contributed by atoms with Gasteiger partial charge in [-0.15, -0.1) is 12.4 Å². The summed E-state index contributed by atoms with van der Waals surface area (Å²) < 4.78 is 23.7. The molecule has 356 valence electrons. The number of nitrogens with two attached hydrogens (primary N) is 1. The number of halogens is 1. The van der Waals surface area contributed by atoms with Crippen LogP contribution in [-0.4, -0.2) is 111 Å². The third-order valence-corrected chi connectivity index (χ3v) is 11.0. The van der Waals surface area contributed by atoms with Crippen LogP contribution in [0, 0.1) is 0 Å². The third kappa shape index (κ3) is 15.3. The number of aryl methyl sites for hydroxylation is 4. The van der Waals surface area contributed by atoms with Crippen LogP contribution in [-0.2, 0) is 77.1 Å². The van der Waals surface area contributed by atoms with Crippen LogP contribution < -0.4 is 21.7 Å². The van der Waals surface area contributed by atoms with E-state index in [2.05, 4.69) is 56.4 Å². The summed E-state index contributed by atoms with van der Waals surface area (Å²) in [6.45, 7) is 13.9. The van der Waals surface area contributed by atoms with Gasteiger partial charge in [0.25, 0.3) is 0 Å². The molecule has 6 N–H and O–H groups in total. The number of carbonyl (C=O) groups excluding carboxylic acids is 3. The molecular weight excluding hydrogens is 848 g/mol. The van der Waals surface area contributed by atoms with E-state index in [1.54, 1.807) is 0 Å². The molecule has 0 atom stereocenters. The van der Waals surface area contributed by atoms with Gasteiger partial charge in [-0.2, -0.15) is 10.2 Å². The fraction of sp³-hybridized carbons (Fsp3) is 0.636. The van der Waals surface area contributed by atoms with Crippen LogP contribution in [0.25, 0.3) is 22.1 Å². The van der Waals surface area contributed by atoms with E-state index >= 15 is 0 Å². The van der Waals surface area contributed by atoms with Gasteiger partial charge < -0.3 is 45.7 Å². The standard InChI is InChI=1S/C22H33N5O4.C16H25N5O.C6H10O4.ClH/c1-4-18-16(13-23-19(28)7-6-8-20(29)30-3)21(25-15-9-11-31-12-10-15)17-14-24-27(5-2)22(17)26-18;1-3-14-12(9-17)15(19-11-5-7-22-8-6-11)13-10-18-21(4-2)16(13)20-14;1-10-6(9)4-2-3-5(7)8;/h14-15H,4-13H2,1-3H3,(H,23,28)(H,25,26);10-11H,3-9,17H2,1-2H3,(H,19,20);2-4H2,1H3,(H,7,8);1H. The first kappa shape index (κ1) is 53.2. The minimum atomic E-state index is -0.885. The summed E-state index contributed by atoms with van der Waals surface area (Å²) in [6, 6.07) is 0.739. The normalized spacial score (nSPS) is 14.0. The summed E-state index contributed by atoms with van der Waals surface area (Å²) in [5.74, 6) is -1.64. The van der Waals surface area contributed by atoms with Gasteiger partial charge in [-0.3, -0.25) is 19.2 Å². The lowest BCUT2D eigenvalue weighted by Gasteiger charge is -2.26. The van der Waals surface area contributed by atoms with Crippen LogP contribution in [0.1, 0.15) is 114 Å². The number of anilines is 2. The maximum atomic E-state index is 12.4. The molecule has 20 heteroatoms. The fourth-order valence-corrected chi connectivity index (χ4v) is 7.49. The summed E-state index contributed by atoms with van der Waals surface area (Å²) in [7, 11) is 2.63. The molecule has 6 rings (SSSR count). The molecule has 64 heavy (non-hydrogen) atoms. The molecule has 0 saturated carbocycles. The zero-order valence-electron chi connectivity index (χ0n) is 38.3. The Kier molecular flexibility index (Phi) is 23.2. The smallest absolute Gasteiger partial charge is 0.305 e. The lowest BCUT2D eigenvalue weighted by Crippen LogP contribution is -2.30. The van der Waals surface area contributed by atoms with E-state index in [9.17, 15) is 19.2 Å². The predicted molar refractivity (Wildman–Crippen MR) is 246 cm³/mol. The van der Waals surface area contributed by atoms with E-state index in [-0.39, 0.29) is 55.9 Å². The second kappa shape index (κ2) is 27.9. The number of carboxylic acids is 1. The number of amides is 1. The Labute approximate surface area is 381 Å². The maximum absolute atomic E-state index is 12.4. The first-order valence-corrected chi connectivity index (χ1v) is 22.3. The molecule has 2 aliphatic heterocycles. The summed E-state index contributed by atoms with van der Waals surface area (Å²) >= 11 is 0. The molecule has 0 unspecified atom stereocenters. The highest BCUT2D eigenvalue weighted by Gasteiger charge is 2.23. The molecule has 1 amide bonds. The van der Waals surface area contributed by atoms with E-state index in [4.69, 9.17) is 30.3 Å². The largest absolute Gasteiger partial charge is 0.481 e. The number of aromatic nitrogens is 6. The van der Waals surface area contributed by atoms with E-state index in [0.717, 1.165) is 134 Å². The Bertz CT molecular complexity index is 2100. The topological polar surface area (TPSA) is 249 Å². The van der Waals surface area contributed by atoms with Crippen LogP contribution >= 0.6 is 12.4 Å². The van der Waals surface area contributed by atoms with Crippen molar-refractivity contribution in [1.82, 2.24) is 34.8 Å². The molecule has 19 nitrogen and oxygen atoms in total. The van der Waals surface area contributed by atoms with Crippen LogP contribution in [0.2, 0.25) is 0 Å². The highest BCUT2D eigenvalue weighted by atomic mass is 35.5. The van der Waals surface area contributed by atoms with Crippen molar-refractivity contribution in [3.05, 3.63) is 34.9 Å². The number of nitrogens with zero attached hydrogens (tertiary/aromatic N) is 6. The average molecular weight is 918 g/mol. The molecule has 2 aliphatic rings. The number of fused-ring (bicyclic) bond motifs is 2. The number of nitrogens with one attached hydrogen (secondary N) is 3. The van der Waals surface area contributed by atoms with E-state index < -0.39 is 5.97 Å². The van der Waals surface area contributed by atoms with Gasteiger partial charge in [-0.1, -0.05) is 13.8 Å². The zero-order chi connectivity index (χ0) is 45.7. The molecule has 6 heterocycles. The Balaban J connectivity index is 0.000000287. The van der Waals surface area contributed by atoms with Crippen molar-refractivity contribution in [3.63, 3.8) is 0 Å². The quantitative estimate of drug-likeness (QED) is 0.0733. The number of carboxylic acid groups (broad SMARTS) is 1. The maximum Gasteiger partial charge on any atom is 0.305 e. The first-order chi connectivity index (χ1) is 30.5. The van der Waals surface area contributed by atoms with Crippen LogP contribution in [0.3, 0.4) is 0 Å². The molecule has 0 spiro atoms. The Morgan fingerprint density at radius 1 is 0.719 bits per heavy atom. The van der Waals surface area contributed by atoms with Gasteiger partial charge >= 0.3 is 17.9 Å². The van der Waals surface area contributed by atoms with Gasteiger partial charge in [0, 0.05) is 113 Å². The summed E-state index contributed by atoms with van der Waals surface area (Å²) in [5, 5.41) is 29.6. The minimum absolute atomic E-state index is 0. The number of carbonyl (C=O) groups is 4. The van der Waals surface area contributed by atoms with Crippen molar-refractivity contribution in [2.24, 2.45) is 5.73 Å². The van der Waals surface area contributed by atoms with Crippen molar-refractivity contribution >= 4 is 69.7 Å². The Morgan fingerprint density at radius 2 is 1.16 bits per heavy atom. The van der Waals surface area contributed by atoms with E-state index in [1.807, 2.05) is 28.7 Å². The summed E-state index contributed by atoms with van der Waals surface area (Å²) in [4.78, 5) is 53.6. The van der Waals surface area contributed by atoms with Crippen molar-refractivity contribution in [3.8, 4) is 0 Å². The molecule has 4 aromatic heterocycles. The van der Waals surface area contributed by atoms with E-state index in [0.29, 0.717) is 38.0 Å². The predicted octanol–water partition coefficient (Wildman–Crippen LogP) is 5.46. The number of rotatable bonds is 19. The van der Waals surface area contributed by atoms with Gasteiger partial charge in [-0.05, 0) is 65.2 Å². The summed E-state index contributed by atoms with van der Waals surface area (Å²) in [6.07, 6.45) is 10.9. The molecule has 0 radical (unpaired) electrons. The highest BCUT2D eigenvalue weighted by Crippen LogP contribution is 2.32. The van der Waals surface area contributed by atoms with Crippen molar-refractivity contribution in [2.75, 3.05) is 51.3 Å². The minimum Gasteiger partial charge on any atom is -0.481 e. The first-order valence-electron chi connectivity index (χ1n) is 22.3. The van der Waals surface area contributed by atoms with Gasteiger partial charge in [0.15, 0.2) is 11.3 Å². The second-order valence-electron chi connectivity index (χ2n) is 15.2. The van der Waals surface area contributed by atoms with Gasteiger partial charge in [0.05, 0.1) is 48.8 Å². The van der Waals surface area contributed by atoms with Gasteiger partial charge in [0.2, 0.25) is 5.91 Å². The SMILES string of the molecule is CCc1nc2c(cnn2CC)c(NC2CCOCC2)c1CN.CCc1nc2c(cnn2CC)c(NC2CCOCC2)c1CNC(=O)CCCC(=O)OC.COC(=O)CCCC(=O)O.Cl. The van der Waals surface area contributed by atoms with Crippen LogP contribution in [0.15, 0.2) is 12.4 Å². The number of esters is 2. The van der Waals surface area contributed by atoms with Gasteiger partial charge in [-0.25, -0.2) is 19.3 Å². The zero-order valence-corrected chi connectivity index (χ0v) is 39.2. The van der Waals surface area contributed by atoms with E-state index in [1.165, 1.54) is 14.2 Å². The van der Waals surface area contributed by atoms with Crippen LogP contribution in [0.5, 0.6) is 0 Å². The average Bonchev–Trinajstić information content (AvgIpc) is 3.93. The number of aliphatic carboxylic acids is 1. The lowest BCUT2D eigenvalue weighted by molar-refractivity contribution is -0.142. The monoisotopic (exact) mass is 916 g/mol. The molecule has 0 aliphatic carbocycles. The Morgan fingerprint density at radius 3 is 1.56 bits per heavy atom. The number of hydrogen-bond acceptors (Lipinski definition) is 15. The molecular formula is C44H69ClN10O9. The second-order valence-corrected chi connectivity index (χ2v) is 15.2. The highest BCUT2D eigenvalue weighted by molar-refractivity contribution is 5.92. The lowest BCUT2D eigenvalue weighted by atomic mass is 10.0. The molecule has 4 aromatic rings. The molecule has 2 fully saturated rings. The number of ether oxygens (including phenoxy) is 4. The number of hydrogen-bond donors (Lipinski definition) is 5. The summed E-state index contributed by atoms with van der Waals surface area (Å²) in [5.41, 5.74) is 14.1. The van der Waals surface area contributed by atoms with Crippen molar-refractivity contribution in [1.29, 1.82) is 0 Å².